The fraction of sp³-hybridized carbons (Fsp3) is 0.800. The van der Waals surface area contributed by atoms with Crippen molar-refractivity contribution < 1.29 is 4.74 Å². The molecule has 1 aromatic rings. The van der Waals surface area contributed by atoms with E-state index in [2.05, 4.69) is 36.3 Å². The molecule has 0 fully saturated rings. The third kappa shape index (κ3) is 4.57. The Morgan fingerprint density at radius 2 is 2.20 bits per heavy atom. The van der Waals surface area contributed by atoms with Crippen molar-refractivity contribution in [2.24, 2.45) is 0 Å². The summed E-state index contributed by atoms with van der Waals surface area (Å²) < 4.78 is 5.63. The Balaban J connectivity index is 2.38. The van der Waals surface area contributed by atoms with E-state index in [1.54, 1.807) is 0 Å². The first-order valence-electron chi connectivity index (χ1n) is 5.46. The Morgan fingerprint density at radius 3 is 2.87 bits per heavy atom. The summed E-state index contributed by atoms with van der Waals surface area (Å²) in [6.07, 6.45) is 2.42. The van der Waals surface area contributed by atoms with E-state index in [9.17, 15) is 0 Å². The van der Waals surface area contributed by atoms with Gasteiger partial charge in [-0.2, -0.15) is 0 Å². The molecule has 1 rings (SSSR count). The lowest BCUT2D eigenvalue weighted by Crippen LogP contribution is -2.11. The molecular weight excluding hydrogens is 210 g/mol. The fourth-order valence-electron chi connectivity index (χ4n) is 1.23. The molecule has 1 aromatic heterocycles. The van der Waals surface area contributed by atoms with Crippen molar-refractivity contribution >= 4 is 11.3 Å². The Labute approximate surface area is 95.1 Å². The predicted octanol–water partition coefficient (Wildman–Crippen LogP) is 2.21. The van der Waals surface area contributed by atoms with E-state index in [-0.39, 0.29) is 6.10 Å². The maximum atomic E-state index is 5.63. The van der Waals surface area contributed by atoms with Crippen molar-refractivity contribution in [1.29, 1.82) is 0 Å². The van der Waals surface area contributed by atoms with Gasteiger partial charge in [0.25, 0.3) is 5.19 Å². The number of rotatable bonds is 7. The van der Waals surface area contributed by atoms with Crippen molar-refractivity contribution in [1.82, 2.24) is 15.5 Å². The summed E-state index contributed by atoms with van der Waals surface area (Å²) in [7, 11) is 0. The van der Waals surface area contributed by atoms with Crippen molar-refractivity contribution in [2.45, 2.75) is 46.3 Å². The average Bonchev–Trinajstić information content (AvgIpc) is 2.63. The number of hydrogen-bond acceptors (Lipinski definition) is 5. The van der Waals surface area contributed by atoms with Crippen molar-refractivity contribution in [3.8, 4) is 5.19 Å². The summed E-state index contributed by atoms with van der Waals surface area (Å²) in [5, 5.41) is 12.9. The number of nitrogens with one attached hydrogen (secondary N) is 1. The van der Waals surface area contributed by atoms with Gasteiger partial charge in [-0.05, 0) is 19.9 Å². The molecule has 0 amide bonds. The number of nitrogens with zero attached hydrogens (tertiary/aromatic N) is 2. The zero-order valence-electron chi connectivity index (χ0n) is 9.62. The molecule has 0 aromatic carbocycles. The van der Waals surface area contributed by atoms with Crippen LogP contribution >= 0.6 is 11.3 Å². The van der Waals surface area contributed by atoms with Crippen molar-refractivity contribution in [2.75, 3.05) is 6.54 Å². The zero-order valence-corrected chi connectivity index (χ0v) is 10.4. The molecular formula is C10H19N3OS. The fourth-order valence-corrected chi connectivity index (χ4v) is 1.98. The summed E-state index contributed by atoms with van der Waals surface area (Å²) in [5.74, 6) is 0. The molecule has 5 heteroatoms. The molecule has 1 unspecified atom stereocenters. The van der Waals surface area contributed by atoms with Gasteiger partial charge >= 0.3 is 0 Å². The molecule has 15 heavy (non-hydrogen) atoms. The minimum Gasteiger partial charge on any atom is -0.466 e. The molecule has 1 atom stereocenters. The van der Waals surface area contributed by atoms with E-state index < -0.39 is 0 Å². The highest BCUT2D eigenvalue weighted by atomic mass is 32.1. The first-order valence-corrected chi connectivity index (χ1v) is 6.27. The van der Waals surface area contributed by atoms with Gasteiger partial charge in [-0.3, -0.25) is 0 Å². The number of hydrogen-bond donors (Lipinski definition) is 1. The molecule has 0 bridgehead atoms. The highest BCUT2D eigenvalue weighted by Gasteiger charge is 2.08. The van der Waals surface area contributed by atoms with Crippen LogP contribution in [0.1, 0.15) is 38.6 Å². The van der Waals surface area contributed by atoms with Crippen LogP contribution in [0.15, 0.2) is 0 Å². The molecule has 0 aliphatic rings. The van der Waals surface area contributed by atoms with Crippen LogP contribution in [0.3, 0.4) is 0 Å². The SMILES string of the molecule is CCCC(C)Oc1nnc(CNCC)s1. The van der Waals surface area contributed by atoms with Gasteiger partial charge in [-0.25, -0.2) is 0 Å². The van der Waals surface area contributed by atoms with Crippen LogP contribution in [0.4, 0.5) is 0 Å². The van der Waals surface area contributed by atoms with Crippen molar-refractivity contribution in [3.63, 3.8) is 0 Å². The first-order chi connectivity index (χ1) is 7.26. The predicted molar refractivity (Wildman–Crippen MR) is 62.3 cm³/mol. The Kier molecular flexibility index (Phi) is 5.57. The van der Waals surface area contributed by atoms with Crippen LogP contribution in [-0.2, 0) is 6.54 Å². The van der Waals surface area contributed by atoms with Gasteiger partial charge in [0.05, 0.1) is 6.10 Å². The van der Waals surface area contributed by atoms with E-state index in [0.717, 1.165) is 30.9 Å². The summed E-state index contributed by atoms with van der Waals surface area (Å²) >= 11 is 1.52. The van der Waals surface area contributed by atoms with Gasteiger partial charge in [-0.1, -0.05) is 36.7 Å². The molecule has 86 valence electrons. The number of aromatic nitrogens is 2. The zero-order chi connectivity index (χ0) is 11.1. The van der Waals surface area contributed by atoms with E-state index >= 15 is 0 Å². The molecule has 4 nitrogen and oxygen atoms in total. The minimum atomic E-state index is 0.231. The van der Waals surface area contributed by atoms with Gasteiger partial charge in [0.2, 0.25) is 0 Å². The van der Waals surface area contributed by atoms with E-state index in [4.69, 9.17) is 4.74 Å². The Hall–Kier alpha value is -0.680. The molecule has 0 aliphatic heterocycles. The number of ether oxygens (including phenoxy) is 1. The van der Waals surface area contributed by atoms with Crippen LogP contribution in [0.25, 0.3) is 0 Å². The minimum absolute atomic E-state index is 0.231. The Morgan fingerprint density at radius 1 is 1.40 bits per heavy atom. The quantitative estimate of drug-likeness (QED) is 0.778. The van der Waals surface area contributed by atoms with Crippen molar-refractivity contribution in [3.05, 3.63) is 5.01 Å². The summed E-state index contributed by atoms with van der Waals surface area (Å²) in [6.45, 7) is 8.01. The average molecular weight is 229 g/mol. The maximum Gasteiger partial charge on any atom is 0.294 e. The molecule has 0 radical (unpaired) electrons. The lowest BCUT2D eigenvalue weighted by molar-refractivity contribution is 0.207. The summed E-state index contributed by atoms with van der Waals surface area (Å²) in [4.78, 5) is 0. The summed E-state index contributed by atoms with van der Waals surface area (Å²) in [5.41, 5.74) is 0. The Bertz CT molecular complexity index is 277. The van der Waals surface area contributed by atoms with Gasteiger partial charge in [0, 0.05) is 6.54 Å². The van der Waals surface area contributed by atoms with Crippen LogP contribution < -0.4 is 10.1 Å². The van der Waals surface area contributed by atoms with E-state index in [1.807, 2.05) is 0 Å². The van der Waals surface area contributed by atoms with Crippen LogP contribution in [0.5, 0.6) is 5.19 Å². The van der Waals surface area contributed by atoms with Gasteiger partial charge in [-0.15, -0.1) is 5.10 Å². The second-order valence-corrected chi connectivity index (χ2v) is 4.48. The van der Waals surface area contributed by atoms with Gasteiger partial charge in [0.15, 0.2) is 0 Å². The molecule has 0 aliphatic carbocycles. The maximum absolute atomic E-state index is 5.63. The smallest absolute Gasteiger partial charge is 0.294 e. The second kappa shape index (κ2) is 6.74. The molecule has 1 heterocycles. The summed E-state index contributed by atoms with van der Waals surface area (Å²) in [6, 6.07) is 0. The lowest BCUT2D eigenvalue weighted by atomic mass is 10.2. The highest BCUT2D eigenvalue weighted by molar-refractivity contribution is 7.13. The first kappa shape index (κ1) is 12.4. The topological polar surface area (TPSA) is 47.0 Å². The standard InChI is InChI=1S/C10H19N3OS/c1-4-6-8(3)14-10-13-12-9(15-10)7-11-5-2/h8,11H,4-7H2,1-3H3. The normalized spacial score (nSPS) is 12.7. The van der Waals surface area contributed by atoms with E-state index in [1.165, 1.54) is 11.3 Å². The van der Waals surface area contributed by atoms with Gasteiger partial charge < -0.3 is 10.1 Å². The second-order valence-electron chi connectivity index (χ2n) is 3.46. The monoisotopic (exact) mass is 229 g/mol. The molecule has 0 saturated heterocycles. The highest BCUT2D eigenvalue weighted by Crippen LogP contribution is 2.19. The van der Waals surface area contributed by atoms with E-state index in [0.29, 0.717) is 5.19 Å². The molecule has 0 saturated carbocycles. The third-order valence-corrected chi connectivity index (χ3v) is 2.79. The molecule has 0 spiro atoms. The van der Waals surface area contributed by atoms with Crippen LogP contribution in [0.2, 0.25) is 0 Å². The van der Waals surface area contributed by atoms with Crippen LogP contribution in [-0.4, -0.2) is 22.8 Å². The van der Waals surface area contributed by atoms with Crippen LogP contribution in [0, 0.1) is 0 Å². The molecule has 1 N–H and O–H groups in total. The lowest BCUT2D eigenvalue weighted by Gasteiger charge is -2.09. The largest absolute Gasteiger partial charge is 0.466 e. The third-order valence-electron chi connectivity index (χ3n) is 1.97. The van der Waals surface area contributed by atoms with Gasteiger partial charge in [0.1, 0.15) is 5.01 Å².